The van der Waals surface area contributed by atoms with Crippen LogP contribution in [0, 0.1) is 0 Å². The maximum atomic E-state index is 3.61. The van der Waals surface area contributed by atoms with E-state index in [0.29, 0.717) is 0 Å². The molecule has 1 aromatic heterocycles. The molecule has 0 spiro atoms. The van der Waals surface area contributed by atoms with Gasteiger partial charge in [-0.1, -0.05) is 94.8 Å². The summed E-state index contributed by atoms with van der Waals surface area (Å²) in [4.78, 5) is 0. The van der Waals surface area contributed by atoms with Gasteiger partial charge in [-0.25, -0.2) is 0 Å². The molecule has 0 amide bonds. The van der Waals surface area contributed by atoms with E-state index in [9.17, 15) is 0 Å². The lowest BCUT2D eigenvalue weighted by atomic mass is 10.0. The highest BCUT2D eigenvalue weighted by Crippen LogP contribution is 2.38. The Balaban J connectivity index is 1.78. The second kappa shape index (κ2) is 6.86. The van der Waals surface area contributed by atoms with E-state index in [1.54, 1.807) is 0 Å². The maximum Gasteiger partial charge on any atom is 0.0619 e. The molecule has 0 N–H and O–H groups in total. The van der Waals surface area contributed by atoms with Crippen LogP contribution in [0.2, 0.25) is 0 Å². The molecule has 30 heavy (non-hydrogen) atoms. The third-order valence-corrected chi connectivity index (χ3v) is 6.32. The van der Waals surface area contributed by atoms with Gasteiger partial charge in [-0.15, -0.1) is 0 Å². The first-order valence-electron chi connectivity index (χ1n) is 10.1. The van der Waals surface area contributed by atoms with Crippen LogP contribution in [0.1, 0.15) is 0 Å². The van der Waals surface area contributed by atoms with E-state index in [1.807, 2.05) is 0 Å². The van der Waals surface area contributed by atoms with Crippen LogP contribution >= 0.6 is 15.9 Å². The van der Waals surface area contributed by atoms with Gasteiger partial charge in [0, 0.05) is 26.3 Å². The topological polar surface area (TPSA) is 4.93 Å². The molecule has 0 radical (unpaired) electrons. The number of hydrogen-bond donors (Lipinski definition) is 0. The average molecular weight is 448 g/mol. The van der Waals surface area contributed by atoms with E-state index in [1.165, 1.54) is 49.4 Å². The third kappa shape index (κ3) is 2.68. The number of nitrogens with zero attached hydrogens (tertiary/aromatic N) is 1. The number of halogens is 1. The van der Waals surface area contributed by atoms with E-state index in [2.05, 4.69) is 130 Å². The molecule has 1 heterocycles. The number of rotatable bonds is 2. The highest BCUT2D eigenvalue weighted by molar-refractivity contribution is 9.10. The number of aromatic nitrogens is 1. The summed E-state index contributed by atoms with van der Waals surface area (Å²) in [5.74, 6) is 0. The van der Waals surface area contributed by atoms with Gasteiger partial charge in [0.15, 0.2) is 0 Å². The predicted octanol–water partition coefficient (Wildman–Crippen LogP) is 8.37. The Labute approximate surface area is 183 Å². The second-order valence-electron chi connectivity index (χ2n) is 7.60. The molecule has 1 nitrogen and oxygen atoms in total. The van der Waals surface area contributed by atoms with Crippen LogP contribution in [0.25, 0.3) is 49.4 Å². The van der Waals surface area contributed by atoms with Crippen molar-refractivity contribution in [1.82, 2.24) is 4.57 Å². The first-order chi connectivity index (χ1) is 14.8. The predicted molar refractivity (Wildman–Crippen MR) is 131 cm³/mol. The molecule has 6 aromatic rings. The molecular formula is C28H18BrN. The number of hydrogen-bond acceptors (Lipinski definition) is 0. The Kier molecular flexibility index (Phi) is 4.00. The van der Waals surface area contributed by atoms with Gasteiger partial charge in [0.1, 0.15) is 0 Å². The summed E-state index contributed by atoms with van der Waals surface area (Å²) in [7, 11) is 0. The van der Waals surface area contributed by atoms with Gasteiger partial charge in [0.05, 0.1) is 11.0 Å². The van der Waals surface area contributed by atoms with Gasteiger partial charge in [-0.3, -0.25) is 0 Å². The molecule has 0 saturated heterocycles. The van der Waals surface area contributed by atoms with Gasteiger partial charge < -0.3 is 4.57 Å². The van der Waals surface area contributed by atoms with E-state index >= 15 is 0 Å². The van der Waals surface area contributed by atoms with Gasteiger partial charge in [-0.2, -0.15) is 0 Å². The van der Waals surface area contributed by atoms with Crippen LogP contribution in [0.3, 0.4) is 0 Å². The molecular weight excluding hydrogens is 430 g/mol. The van der Waals surface area contributed by atoms with Crippen molar-refractivity contribution in [2.24, 2.45) is 0 Å². The fourth-order valence-corrected chi connectivity index (χ4v) is 4.87. The van der Waals surface area contributed by atoms with Crippen molar-refractivity contribution >= 4 is 48.5 Å². The summed E-state index contributed by atoms with van der Waals surface area (Å²) in [6.45, 7) is 0. The van der Waals surface area contributed by atoms with Gasteiger partial charge in [0.25, 0.3) is 0 Å². The van der Waals surface area contributed by atoms with E-state index in [-0.39, 0.29) is 0 Å². The molecule has 0 bridgehead atoms. The maximum absolute atomic E-state index is 3.61. The Hall–Kier alpha value is -3.36. The summed E-state index contributed by atoms with van der Waals surface area (Å²) in [5.41, 5.74) is 6.10. The van der Waals surface area contributed by atoms with Crippen LogP contribution < -0.4 is 0 Å². The minimum atomic E-state index is 1.09. The van der Waals surface area contributed by atoms with Crippen LogP contribution in [-0.4, -0.2) is 4.57 Å². The number of fused-ring (bicyclic) bond motifs is 5. The lowest BCUT2D eigenvalue weighted by Crippen LogP contribution is -1.94. The summed E-state index contributed by atoms with van der Waals surface area (Å²) >= 11 is 3.61. The van der Waals surface area contributed by atoms with Crippen molar-refractivity contribution in [1.29, 1.82) is 0 Å². The lowest BCUT2D eigenvalue weighted by Gasteiger charge is -2.10. The Bertz CT molecular complexity index is 1540. The molecule has 142 valence electrons. The van der Waals surface area contributed by atoms with E-state index in [4.69, 9.17) is 0 Å². The Morgan fingerprint density at radius 2 is 1.30 bits per heavy atom. The fraction of sp³-hybridized carbons (Fsp3) is 0. The van der Waals surface area contributed by atoms with Crippen molar-refractivity contribution < 1.29 is 0 Å². The van der Waals surface area contributed by atoms with Crippen molar-refractivity contribution in [3.8, 4) is 16.8 Å². The normalized spacial score (nSPS) is 11.5. The first-order valence-corrected chi connectivity index (χ1v) is 10.9. The standard InChI is InChI=1S/C28H18BrN/c29-22-9-6-8-20(17-22)21-14-15-25-26-16-13-19-7-4-5-12-24(19)28(26)30(27(25)18-21)23-10-2-1-3-11-23/h1-18H. The van der Waals surface area contributed by atoms with Crippen molar-refractivity contribution in [3.05, 3.63) is 114 Å². The summed E-state index contributed by atoms with van der Waals surface area (Å²) in [6, 6.07) is 39.1. The van der Waals surface area contributed by atoms with Crippen LogP contribution in [0.4, 0.5) is 0 Å². The molecule has 0 fully saturated rings. The average Bonchev–Trinajstić information content (AvgIpc) is 3.14. The zero-order valence-corrected chi connectivity index (χ0v) is 17.8. The molecule has 2 heteroatoms. The van der Waals surface area contributed by atoms with Gasteiger partial charge in [0.2, 0.25) is 0 Å². The zero-order valence-electron chi connectivity index (χ0n) is 16.2. The fourth-order valence-electron chi connectivity index (χ4n) is 4.47. The van der Waals surface area contributed by atoms with E-state index < -0.39 is 0 Å². The molecule has 0 atom stereocenters. The molecule has 0 saturated carbocycles. The molecule has 6 rings (SSSR count). The quantitative estimate of drug-likeness (QED) is 0.251. The number of para-hydroxylation sites is 1. The van der Waals surface area contributed by atoms with Crippen molar-refractivity contribution in [2.75, 3.05) is 0 Å². The summed E-state index contributed by atoms with van der Waals surface area (Å²) in [5, 5.41) is 5.10. The van der Waals surface area contributed by atoms with Crippen LogP contribution in [0.5, 0.6) is 0 Å². The third-order valence-electron chi connectivity index (χ3n) is 5.83. The highest BCUT2D eigenvalue weighted by Gasteiger charge is 2.15. The second-order valence-corrected chi connectivity index (χ2v) is 8.51. The molecule has 0 aliphatic rings. The Morgan fingerprint density at radius 1 is 0.533 bits per heavy atom. The highest BCUT2D eigenvalue weighted by atomic mass is 79.9. The van der Waals surface area contributed by atoms with Crippen molar-refractivity contribution in [3.63, 3.8) is 0 Å². The molecule has 0 unspecified atom stereocenters. The van der Waals surface area contributed by atoms with Crippen LogP contribution in [0.15, 0.2) is 114 Å². The molecule has 0 aliphatic heterocycles. The largest absolute Gasteiger partial charge is 0.309 e. The Morgan fingerprint density at radius 3 is 2.17 bits per heavy atom. The van der Waals surface area contributed by atoms with Gasteiger partial charge in [-0.05, 0) is 46.8 Å². The van der Waals surface area contributed by atoms with Crippen LogP contribution in [-0.2, 0) is 0 Å². The summed E-state index contributed by atoms with van der Waals surface area (Å²) in [6.07, 6.45) is 0. The SMILES string of the molecule is Brc1cccc(-c2ccc3c4ccc5ccccc5c4n(-c4ccccc4)c3c2)c1. The molecule has 5 aromatic carbocycles. The smallest absolute Gasteiger partial charge is 0.0619 e. The van der Waals surface area contributed by atoms with Crippen molar-refractivity contribution in [2.45, 2.75) is 0 Å². The monoisotopic (exact) mass is 447 g/mol. The number of benzene rings is 5. The minimum Gasteiger partial charge on any atom is -0.309 e. The summed E-state index contributed by atoms with van der Waals surface area (Å²) < 4.78 is 3.50. The molecule has 0 aliphatic carbocycles. The van der Waals surface area contributed by atoms with E-state index in [0.717, 1.165) is 4.47 Å². The zero-order chi connectivity index (χ0) is 20.1. The van der Waals surface area contributed by atoms with Gasteiger partial charge >= 0.3 is 0 Å². The first kappa shape index (κ1) is 17.5. The lowest BCUT2D eigenvalue weighted by molar-refractivity contribution is 1.19. The minimum absolute atomic E-state index is 1.09.